The Morgan fingerprint density at radius 3 is 1.20 bits per heavy atom. The van der Waals surface area contributed by atoms with Gasteiger partial charge >= 0.3 is 0 Å². The van der Waals surface area contributed by atoms with Crippen LogP contribution in [0.15, 0.2) is 0 Å². The summed E-state index contributed by atoms with van der Waals surface area (Å²) in [5, 5.41) is 0. The minimum Gasteiger partial charge on any atom is -0.151 e. The zero-order valence-electron chi connectivity index (χ0n) is 5.04. The molecule has 0 heterocycles. The molecule has 0 atom stereocenters. The molecule has 0 aromatic heterocycles. The van der Waals surface area contributed by atoms with Crippen LogP contribution in [0.1, 0.15) is 0 Å². The first-order valence-corrected chi connectivity index (χ1v) is 8.95. The lowest BCUT2D eigenvalue weighted by Crippen LogP contribution is -2.12. The standard InChI is InChI=1S/C2H4B3I5/c6-3(1-4(7)8)2-5(9)10/h1-2H2. The van der Waals surface area contributed by atoms with Gasteiger partial charge in [-0.3, -0.25) is 0 Å². The average Bonchev–Trinajstić information content (AvgIpc) is 1.58. The second-order valence-corrected chi connectivity index (χ2v) is 14.4. The lowest BCUT2D eigenvalue weighted by molar-refractivity contribution is 1.89. The van der Waals surface area contributed by atoms with Crippen LogP contribution in [-0.4, -0.2) is 9.42 Å². The Labute approximate surface area is 131 Å². The maximum atomic E-state index is 2.55. The van der Waals surface area contributed by atoms with E-state index >= 15 is 0 Å². The maximum absolute atomic E-state index is 2.55. The lowest BCUT2D eigenvalue weighted by Gasteiger charge is -2.03. The molecule has 10 heavy (non-hydrogen) atoms. The predicted molar refractivity (Wildman–Crippen MR) is 97.0 cm³/mol. The van der Waals surface area contributed by atoms with Crippen molar-refractivity contribution in [2.24, 2.45) is 0 Å². The molecule has 0 unspecified atom stereocenters. The Morgan fingerprint density at radius 1 is 0.700 bits per heavy atom. The third-order valence-electron chi connectivity index (χ3n) is 0.868. The molecule has 8 heteroatoms. The number of hydrogen-bond acceptors (Lipinski definition) is 0. The van der Waals surface area contributed by atoms with Crippen molar-refractivity contribution < 1.29 is 0 Å². The lowest BCUT2D eigenvalue weighted by atomic mass is 9.57. The van der Waals surface area contributed by atoms with Gasteiger partial charge in [-0.2, -0.15) is 22.4 Å². The highest BCUT2D eigenvalue weighted by molar-refractivity contribution is 14.3. The maximum Gasteiger partial charge on any atom is 0.282 e. The molecule has 0 spiro atoms. The summed E-state index contributed by atoms with van der Waals surface area (Å²) >= 11 is 12.5. The SMILES string of the molecule is IB(I)CB(I)CB(I)I. The normalized spacial score (nSPS) is 9.30. The highest BCUT2D eigenvalue weighted by Gasteiger charge is 2.19. The van der Waals surface area contributed by atoms with Gasteiger partial charge in [-0.25, -0.2) is 0 Å². The first-order chi connectivity index (χ1) is 4.52. The molecular weight excluding hydrogens is 691 g/mol. The van der Waals surface area contributed by atoms with Gasteiger partial charge in [-0.1, -0.05) is 12.4 Å². The summed E-state index contributed by atoms with van der Waals surface area (Å²) in [5.74, 6) is 0. The highest BCUT2D eigenvalue weighted by atomic mass is 127. The van der Waals surface area contributed by atoms with Crippen molar-refractivity contribution in [2.45, 2.75) is 12.4 Å². The summed E-state index contributed by atoms with van der Waals surface area (Å²) in [4.78, 5) is 0. The van der Waals surface area contributed by atoms with Crippen LogP contribution in [0.2, 0.25) is 12.4 Å². The van der Waals surface area contributed by atoms with Crippen molar-refractivity contribution in [2.75, 3.05) is 0 Å². The van der Waals surface area contributed by atoms with Gasteiger partial charge in [0, 0.05) is 0 Å². The van der Waals surface area contributed by atoms with E-state index in [2.05, 4.69) is 112 Å². The van der Waals surface area contributed by atoms with Gasteiger partial charge in [-0.05, 0) is 0 Å². The van der Waals surface area contributed by atoms with Crippen LogP contribution < -0.4 is 0 Å². The van der Waals surface area contributed by atoms with Gasteiger partial charge in [0.1, 0.15) is 0 Å². The minimum atomic E-state index is 0.795. The van der Waals surface area contributed by atoms with Gasteiger partial charge in [0.05, 0.1) is 0 Å². The van der Waals surface area contributed by atoms with Crippen molar-refractivity contribution in [3.63, 3.8) is 0 Å². The molecule has 0 bridgehead atoms. The molecule has 0 radical (unpaired) electrons. The zero-order valence-corrected chi connectivity index (χ0v) is 15.8. The molecule has 0 saturated carbocycles. The van der Waals surface area contributed by atoms with E-state index in [4.69, 9.17) is 0 Å². The number of hydrogen-bond donors (Lipinski definition) is 0. The van der Waals surface area contributed by atoms with E-state index in [1.165, 1.54) is 12.4 Å². The largest absolute Gasteiger partial charge is 0.282 e. The summed E-state index contributed by atoms with van der Waals surface area (Å²) in [7, 11) is 0. The van der Waals surface area contributed by atoms with Crippen LogP contribution in [0.25, 0.3) is 0 Å². The topological polar surface area (TPSA) is 0 Å². The molecule has 0 aliphatic rings. The fourth-order valence-corrected chi connectivity index (χ4v) is 7.85. The highest BCUT2D eigenvalue weighted by Crippen LogP contribution is 2.22. The third kappa shape index (κ3) is 9.93. The molecule has 0 nitrogen and oxygen atoms in total. The molecule has 0 aliphatic carbocycles. The van der Waals surface area contributed by atoms with Crippen molar-refractivity contribution in [3.05, 3.63) is 0 Å². The smallest absolute Gasteiger partial charge is 0.151 e. The van der Waals surface area contributed by atoms with Gasteiger partial charge in [0.15, 0.2) is 0 Å². The van der Waals surface area contributed by atoms with Crippen molar-refractivity contribution in [1.82, 2.24) is 0 Å². The molecule has 0 aliphatic heterocycles. The van der Waals surface area contributed by atoms with E-state index in [9.17, 15) is 0 Å². The molecule has 0 amide bonds. The molecule has 0 rings (SSSR count). The van der Waals surface area contributed by atoms with Crippen molar-refractivity contribution in [3.8, 4) is 0 Å². The second kappa shape index (κ2) is 8.18. The third-order valence-corrected chi connectivity index (χ3v) is 3.92. The first-order valence-electron chi connectivity index (χ1n) is 2.72. The van der Waals surface area contributed by atoms with E-state index in [1.807, 2.05) is 0 Å². The van der Waals surface area contributed by atoms with E-state index in [0.717, 1.165) is 9.42 Å². The zero-order chi connectivity index (χ0) is 8.15. The minimum absolute atomic E-state index is 0.795. The first kappa shape index (κ1) is 13.8. The second-order valence-electron chi connectivity index (χ2n) is 1.85. The summed E-state index contributed by atoms with van der Waals surface area (Å²) in [6.07, 6.45) is 2.67. The number of rotatable bonds is 4. The Balaban J connectivity index is 3.34. The molecule has 56 valence electrons. The van der Waals surface area contributed by atoms with Crippen molar-refractivity contribution >= 4 is 121 Å². The quantitative estimate of drug-likeness (QED) is 0.306. The number of halogens is 5. The predicted octanol–water partition coefficient (Wildman–Crippen LogP) is 4.21. The van der Waals surface area contributed by atoms with Gasteiger partial charge in [0.2, 0.25) is 4.57 Å². The van der Waals surface area contributed by atoms with Crippen LogP contribution in [-0.2, 0) is 0 Å². The summed E-state index contributed by atoms with van der Waals surface area (Å²) in [6.45, 7) is 0. The summed E-state index contributed by atoms with van der Waals surface area (Å²) in [5.41, 5.74) is 0. The Hall–Kier alpha value is 3.84. The Bertz CT molecular complexity index is 77.0. The van der Waals surface area contributed by atoms with E-state index in [1.54, 1.807) is 0 Å². The van der Waals surface area contributed by atoms with E-state index < -0.39 is 0 Å². The summed E-state index contributed by atoms with van der Waals surface area (Å²) < 4.78 is 2.45. The van der Waals surface area contributed by atoms with E-state index in [0.29, 0.717) is 0 Å². The molecule has 0 aromatic carbocycles. The molecule has 0 fully saturated rings. The Morgan fingerprint density at radius 2 is 1.00 bits per heavy atom. The monoisotopic (exact) mass is 696 g/mol. The molecule has 0 saturated heterocycles. The average molecular weight is 695 g/mol. The molecular formula is C2H4B3I5. The van der Waals surface area contributed by atoms with Crippen LogP contribution in [0, 0.1) is 0 Å². The van der Waals surface area contributed by atoms with E-state index in [-0.39, 0.29) is 0 Å². The van der Waals surface area contributed by atoms with Crippen LogP contribution in [0.5, 0.6) is 0 Å². The fraction of sp³-hybridized carbons (Fsp3) is 1.00. The summed E-state index contributed by atoms with van der Waals surface area (Å²) in [6, 6.07) is 0. The van der Waals surface area contributed by atoms with Gasteiger partial charge in [-0.15, -0.1) is 89.5 Å². The Kier molecular flexibility index (Phi) is 11.3. The van der Waals surface area contributed by atoms with Crippen molar-refractivity contribution in [1.29, 1.82) is 0 Å². The van der Waals surface area contributed by atoms with Gasteiger partial charge < -0.3 is 0 Å². The molecule has 0 aromatic rings. The van der Waals surface area contributed by atoms with Gasteiger partial charge in [0.25, 0.3) is 4.85 Å². The van der Waals surface area contributed by atoms with Crippen LogP contribution in [0.4, 0.5) is 0 Å². The fourth-order valence-electron chi connectivity index (χ4n) is 0.483. The molecule has 0 N–H and O–H groups in total. The van der Waals surface area contributed by atoms with Crippen LogP contribution >= 0.6 is 112 Å². The van der Waals surface area contributed by atoms with Crippen LogP contribution in [0.3, 0.4) is 0 Å².